The Morgan fingerprint density at radius 1 is 1.37 bits per heavy atom. The monoisotopic (exact) mass is 389 g/mol. The molecule has 0 saturated carbocycles. The van der Waals surface area contributed by atoms with Crippen LogP contribution in [0.5, 0.6) is 0 Å². The van der Waals surface area contributed by atoms with Gasteiger partial charge in [-0.1, -0.05) is 23.9 Å². The molecule has 1 atom stereocenters. The zero-order chi connectivity index (χ0) is 19.4. The minimum absolute atomic E-state index is 0.0142. The third kappa shape index (κ3) is 4.17. The number of thioether (sulfide) groups is 1. The first-order valence-corrected chi connectivity index (χ1v) is 9.69. The van der Waals surface area contributed by atoms with Gasteiger partial charge in [0.05, 0.1) is 24.4 Å². The summed E-state index contributed by atoms with van der Waals surface area (Å²) in [6.45, 7) is 2.63. The molecule has 0 radical (unpaired) electrons. The molecule has 144 valence electrons. The first-order valence-electron chi connectivity index (χ1n) is 8.71. The quantitative estimate of drug-likeness (QED) is 0.780. The molecule has 2 aliphatic rings. The number of aliphatic imine (C=N–C) groups is 1. The van der Waals surface area contributed by atoms with Crippen LogP contribution in [-0.2, 0) is 19.1 Å². The predicted molar refractivity (Wildman–Crippen MR) is 106 cm³/mol. The lowest BCUT2D eigenvalue weighted by atomic mass is 9.94. The number of anilines is 1. The normalized spacial score (nSPS) is 19.3. The van der Waals surface area contributed by atoms with E-state index in [0.29, 0.717) is 17.0 Å². The fourth-order valence-electron chi connectivity index (χ4n) is 3.30. The van der Waals surface area contributed by atoms with Crippen LogP contribution < -0.4 is 5.32 Å². The molecule has 3 rings (SSSR count). The highest BCUT2D eigenvalue weighted by molar-refractivity contribution is 8.13. The van der Waals surface area contributed by atoms with Gasteiger partial charge in [-0.15, -0.1) is 0 Å². The molecule has 0 bridgehead atoms. The fraction of sp³-hybridized carbons (Fsp3) is 0.421. The number of carbonyl (C=O) groups excluding carboxylic acids is 2. The van der Waals surface area contributed by atoms with Gasteiger partial charge in [-0.2, -0.15) is 0 Å². The van der Waals surface area contributed by atoms with E-state index in [9.17, 15) is 9.59 Å². The minimum atomic E-state index is -0.385. The minimum Gasteiger partial charge on any atom is -0.466 e. The molecule has 7 nitrogen and oxygen atoms in total. The molecule has 2 heterocycles. The Labute approximate surface area is 162 Å². The maximum absolute atomic E-state index is 12.5. The van der Waals surface area contributed by atoms with Crippen LogP contribution in [0.1, 0.15) is 24.9 Å². The van der Waals surface area contributed by atoms with E-state index in [-0.39, 0.29) is 24.5 Å². The highest BCUT2D eigenvalue weighted by Gasteiger charge is 2.37. The van der Waals surface area contributed by atoms with Gasteiger partial charge in [0, 0.05) is 25.1 Å². The highest BCUT2D eigenvalue weighted by atomic mass is 32.2. The van der Waals surface area contributed by atoms with Crippen molar-refractivity contribution >= 4 is 34.5 Å². The average molecular weight is 389 g/mol. The van der Waals surface area contributed by atoms with Crippen LogP contribution in [0.3, 0.4) is 0 Å². The van der Waals surface area contributed by atoms with Gasteiger partial charge < -0.3 is 19.7 Å². The molecular formula is C19H23N3O4S. The number of benzene rings is 1. The molecule has 0 aromatic heterocycles. The van der Waals surface area contributed by atoms with Gasteiger partial charge in [0.25, 0.3) is 0 Å². The molecule has 1 N–H and O–H groups in total. The molecule has 1 aromatic carbocycles. The maximum atomic E-state index is 12.5. The Balaban J connectivity index is 2.00. The number of amidine groups is 1. The number of nitrogens with one attached hydrogen (secondary N) is 1. The lowest BCUT2D eigenvalue weighted by molar-refractivity contribution is -0.137. The van der Waals surface area contributed by atoms with Gasteiger partial charge in [-0.25, -0.2) is 9.79 Å². The number of hydrogen-bond donors (Lipinski definition) is 1. The van der Waals surface area contributed by atoms with Crippen molar-refractivity contribution in [3.63, 3.8) is 0 Å². The van der Waals surface area contributed by atoms with Crippen molar-refractivity contribution < 1.29 is 19.1 Å². The van der Waals surface area contributed by atoms with Crippen molar-refractivity contribution in [2.45, 2.75) is 19.4 Å². The summed E-state index contributed by atoms with van der Waals surface area (Å²) in [6.07, 6.45) is 1.01. The van der Waals surface area contributed by atoms with Crippen molar-refractivity contribution in [1.82, 2.24) is 4.90 Å². The molecule has 27 heavy (non-hydrogen) atoms. The summed E-state index contributed by atoms with van der Waals surface area (Å²) in [6, 6.07) is 7.22. The smallest absolute Gasteiger partial charge is 0.338 e. The lowest BCUT2D eigenvalue weighted by Gasteiger charge is -2.40. The molecule has 1 amide bonds. The van der Waals surface area contributed by atoms with Gasteiger partial charge in [0.1, 0.15) is 6.61 Å². The third-order valence-electron chi connectivity index (χ3n) is 4.43. The Hall–Kier alpha value is -2.32. The Morgan fingerprint density at radius 3 is 2.93 bits per heavy atom. The van der Waals surface area contributed by atoms with Crippen molar-refractivity contribution in [2.75, 3.05) is 38.4 Å². The Morgan fingerprint density at radius 2 is 2.19 bits per heavy atom. The Kier molecular flexibility index (Phi) is 6.18. The standard InChI is InChI=1S/C19H23N3O4S/c1-12-16(18(24)26-3)17(22-8-5-9-27-19(22)20-12)13-6-4-7-14(10-13)21-15(23)11-25-2/h4,6-7,10,17H,5,8-9,11H2,1-3H3,(H,21,23)/t17-/m1/s1. The number of rotatable bonds is 5. The van der Waals surface area contributed by atoms with Crippen LogP contribution in [0, 0.1) is 0 Å². The molecule has 8 heteroatoms. The lowest BCUT2D eigenvalue weighted by Crippen LogP contribution is -2.42. The molecular weight excluding hydrogens is 366 g/mol. The van der Waals surface area contributed by atoms with Gasteiger partial charge >= 0.3 is 5.97 Å². The summed E-state index contributed by atoms with van der Waals surface area (Å²) in [7, 11) is 2.86. The van der Waals surface area contributed by atoms with Crippen LogP contribution in [-0.4, -0.2) is 55.1 Å². The zero-order valence-electron chi connectivity index (χ0n) is 15.7. The van der Waals surface area contributed by atoms with Crippen LogP contribution in [0.4, 0.5) is 5.69 Å². The SMILES string of the molecule is COCC(=O)Nc1cccc([C@@H]2C(C(=O)OC)=C(C)N=C3SCCCN32)c1. The number of hydrogen-bond acceptors (Lipinski definition) is 7. The highest BCUT2D eigenvalue weighted by Crippen LogP contribution is 2.40. The average Bonchev–Trinajstić information content (AvgIpc) is 2.66. The van der Waals surface area contributed by atoms with E-state index in [1.165, 1.54) is 14.2 Å². The van der Waals surface area contributed by atoms with Gasteiger partial charge in [0.15, 0.2) is 5.17 Å². The van der Waals surface area contributed by atoms with Crippen molar-refractivity contribution in [2.24, 2.45) is 4.99 Å². The molecule has 0 unspecified atom stereocenters. The molecule has 1 fully saturated rings. The fourth-order valence-corrected chi connectivity index (χ4v) is 4.32. The van der Waals surface area contributed by atoms with Gasteiger partial charge in [-0.05, 0) is 31.0 Å². The van der Waals surface area contributed by atoms with Gasteiger partial charge in [0.2, 0.25) is 5.91 Å². The first-order chi connectivity index (χ1) is 13.0. The zero-order valence-corrected chi connectivity index (χ0v) is 16.5. The summed E-state index contributed by atoms with van der Waals surface area (Å²) in [5.41, 5.74) is 2.76. The second-order valence-electron chi connectivity index (χ2n) is 6.29. The van der Waals surface area contributed by atoms with Crippen LogP contribution in [0.25, 0.3) is 0 Å². The third-order valence-corrected chi connectivity index (χ3v) is 5.50. The number of allylic oxidation sites excluding steroid dienone is 1. The van der Waals surface area contributed by atoms with Crippen LogP contribution >= 0.6 is 11.8 Å². The number of fused-ring (bicyclic) bond motifs is 1. The van der Waals surface area contributed by atoms with E-state index in [4.69, 9.17) is 9.47 Å². The van der Waals surface area contributed by atoms with Crippen molar-refractivity contribution in [1.29, 1.82) is 0 Å². The first kappa shape index (κ1) is 19.4. The maximum Gasteiger partial charge on any atom is 0.338 e. The number of methoxy groups -OCH3 is 2. The molecule has 1 saturated heterocycles. The van der Waals surface area contributed by atoms with Crippen LogP contribution in [0.2, 0.25) is 0 Å². The topological polar surface area (TPSA) is 80.2 Å². The summed E-state index contributed by atoms with van der Waals surface area (Å²) in [5, 5.41) is 3.73. The second kappa shape index (κ2) is 8.58. The molecule has 1 aromatic rings. The van der Waals surface area contributed by atoms with Gasteiger partial charge in [-0.3, -0.25) is 4.79 Å². The van der Waals surface area contributed by atoms with E-state index in [1.807, 2.05) is 31.2 Å². The van der Waals surface area contributed by atoms with Crippen molar-refractivity contribution in [3.8, 4) is 0 Å². The summed E-state index contributed by atoms with van der Waals surface area (Å²) >= 11 is 1.70. The number of amides is 1. The largest absolute Gasteiger partial charge is 0.466 e. The molecule has 0 aliphatic carbocycles. The van der Waals surface area contributed by atoms with E-state index in [0.717, 1.165) is 29.4 Å². The number of nitrogens with zero attached hydrogens (tertiary/aromatic N) is 2. The van der Waals surface area contributed by atoms with E-state index in [2.05, 4.69) is 15.2 Å². The summed E-state index contributed by atoms with van der Waals surface area (Å²) in [5.74, 6) is 0.398. The molecule has 0 spiro atoms. The number of esters is 1. The molecule has 2 aliphatic heterocycles. The second-order valence-corrected chi connectivity index (χ2v) is 7.35. The number of carbonyl (C=O) groups is 2. The van der Waals surface area contributed by atoms with Crippen molar-refractivity contribution in [3.05, 3.63) is 41.1 Å². The van der Waals surface area contributed by atoms with Crippen LogP contribution in [0.15, 0.2) is 40.5 Å². The van der Waals surface area contributed by atoms with E-state index >= 15 is 0 Å². The van der Waals surface area contributed by atoms with E-state index in [1.54, 1.807) is 11.8 Å². The van der Waals surface area contributed by atoms with E-state index < -0.39 is 0 Å². The Bertz CT molecular complexity index is 806. The summed E-state index contributed by atoms with van der Waals surface area (Å²) < 4.78 is 9.90. The predicted octanol–water partition coefficient (Wildman–Crippen LogP) is 2.57. The number of ether oxygens (including phenoxy) is 2. The summed E-state index contributed by atoms with van der Waals surface area (Å²) in [4.78, 5) is 31.1.